The number of carbonyl (C=O) groups excluding carboxylic acids is 2. The molecule has 9 heteroatoms. The Morgan fingerprint density at radius 2 is 1.73 bits per heavy atom. The van der Waals surface area contributed by atoms with Crippen LogP contribution < -0.4 is 14.4 Å². The molecule has 2 aromatic carbocycles. The molecule has 170 valence electrons. The summed E-state index contributed by atoms with van der Waals surface area (Å²) < 4.78 is 10.4. The molecule has 1 unspecified atom stereocenters. The van der Waals surface area contributed by atoms with Gasteiger partial charge in [0.2, 0.25) is 0 Å². The normalized spacial score (nSPS) is 17.5. The number of hydrogen-bond acceptors (Lipinski definition) is 6. The molecule has 4 rings (SSSR count). The third-order valence-electron chi connectivity index (χ3n) is 5.43. The summed E-state index contributed by atoms with van der Waals surface area (Å²) in [4.78, 5) is 28.6. The van der Waals surface area contributed by atoms with Crippen molar-refractivity contribution in [2.24, 2.45) is 0 Å². The molecule has 1 aliphatic rings. The van der Waals surface area contributed by atoms with Gasteiger partial charge >= 0.3 is 0 Å². The first-order chi connectivity index (χ1) is 15.8. The van der Waals surface area contributed by atoms with E-state index in [1.54, 1.807) is 30.3 Å². The van der Waals surface area contributed by atoms with Crippen LogP contribution in [-0.4, -0.2) is 31.0 Å². The molecule has 0 bridgehead atoms. The molecule has 1 aliphatic heterocycles. The first kappa shape index (κ1) is 23.2. The molecule has 1 N–H and O–H groups in total. The smallest absolute Gasteiger partial charge is 0.300 e. The number of halogens is 2. The number of aliphatic hydroxyl groups is 1. The number of hydrogen-bond donors (Lipinski definition) is 1. The van der Waals surface area contributed by atoms with Crippen molar-refractivity contribution >= 4 is 57.7 Å². The van der Waals surface area contributed by atoms with Gasteiger partial charge < -0.3 is 14.6 Å². The first-order valence-electron chi connectivity index (χ1n) is 9.81. The lowest BCUT2D eigenvalue weighted by molar-refractivity contribution is -0.132. The number of Topliss-reactive ketones (excluding diaryl/α,β-unsaturated/α-hetero) is 1. The standard InChI is InChI=1S/C24H19Cl2NO5S/c1-12-8-9-33-23(12)20-19(21(28)13-4-6-15(25)18(10-13)32-3)22(29)24(30)27(20)14-5-7-17(31-2)16(26)11-14/h4-11,20,28H,1-3H3/b21-19-. The van der Waals surface area contributed by atoms with Gasteiger partial charge in [-0.2, -0.15) is 0 Å². The molecule has 1 saturated heterocycles. The van der Waals surface area contributed by atoms with Crippen molar-refractivity contribution in [3.63, 3.8) is 0 Å². The van der Waals surface area contributed by atoms with E-state index in [0.717, 1.165) is 10.4 Å². The summed E-state index contributed by atoms with van der Waals surface area (Å²) in [5.41, 5.74) is 1.58. The summed E-state index contributed by atoms with van der Waals surface area (Å²) in [5.74, 6) is -1.11. The molecule has 0 radical (unpaired) electrons. The SMILES string of the molecule is COc1ccc(N2C(=O)C(=O)/C(=C(\O)c3ccc(Cl)c(OC)c3)C2c2sccc2C)cc1Cl. The van der Waals surface area contributed by atoms with E-state index in [9.17, 15) is 14.7 Å². The highest BCUT2D eigenvalue weighted by Crippen LogP contribution is 2.46. The van der Waals surface area contributed by atoms with Crippen LogP contribution in [0.25, 0.3) is 5.76 Å². The summed E-state index contributed by atoms with van der Waals surface area (Å²) in [7, 11) is 2.94. The van der Waals surface area contributed by atoms with E-state index in [4.69, 9.17) is 32.7 Å². The molecule has 1 aromatic heterocycles. The molecular formula is C24H19Cl2NO5S. The molecule has 0 saturated carbocycles. The maximum absolute atomic E-state index is 13.2. The van der Waals surface area contributed by atoms with Gasteiger partial charge in [-0.1, -0.05) is 23.2 Å². The molecule has 2 heterocycles. The average Bonchev–Trinajstić information content (AvgIpc) is 3.33. The summed E-state index contributed by atoms with van der Waals surface area (Å²) in [6.45, 7) is 1.89. The molecule has 1 atom stereocenters. The lowest BCUT2D eigenvalue weighted by Crippen LogP contribution is -2.29. The van der Waals surface area contributed by atoms with Crippen LogP contribution in [0.3, 0.4) is 0 Å². The Labute approximate surface area is 204 Å². The summed E-state index contributed by atoms with van der Waals surface area (Å²) in [5, 5.41) is 13.7. The van der Waals surface area contributed by atoms with E-state index in [0.29, 0.717) is 32.8 Å². The number of aliphatic hydroxyl groups excluding tert-OH is 1. The van der Waals surface area contributed by atoms with Crippen molar-refractivity contribution < 1.29 is 24.2 Å². The number of carbonyl (C=O) groups is 2. The fourth-order valence-corrected chi connectivity index (χ4v) is 5.25. The lowest BCUT2D eigenvalue weighted by atomic mass is 9.98. The fraction of sp³-hybridized carbons (Fsp3) is 0.167. The van der Waals surface area contributed by atoms with Crippen molar-refractivity contribution in [3.8, 4) is 11.5 Å². The molecular weight excluding hydrogens is 485 g/mol. The Morgan fingerprint density at radius 1 is 1.00 bits per heavy atom. The van der Waals surface area contributed by atoms with E-state index in [1.165, 1.54) is 36.5 Å². The fourth-order valence-electron chi connectivity index (χ4n) is 3.78. The zero-order valence-electron chi connectivity index (χ0n) is 17.9. The number of rotatable bonds is 5. The van der Waals surface area contributed by atoms with Gasteiger partial charge in [-0.3, -0.25) is 14.5 Å². The zero-order valence-corrected chi connectivity index (χ0v) is 20.2. The molecule has 33 heavy (non-hydrogen) atoms. The van der Waals surface area contributed by atoms with Crippen LogP contribution in [0.15, 0.2) is 53.4 Å². The largest absolute Gasteiger partial charge is 0.507 e. The number of aryl methyl sites for hydroxylation is 1. The Balaban J connectivity index is 1.94. The van der Waals surface area contributed by atoms with Gasteiger partial charge in [0.15, 0.2) is 0 Å². The summed E-state index contributed by atoms with van der Waals surface area (Å²) in [6, 6.07) is 10.5. The van der Waals surface area contributed by atoms with Gasteiger partial charge in [0.1, 0.15) is 23.3 Å². The molecule has 1 amide bonds. The van der Waals surface area contributed by atoms with Gasteiger partial charge in [0, 0.05) is 16.1 Å². The summed E-state index contributed by atoms with van der Waals surface area (Å²) in [6.07, 6.45) is 0. The highest BCUT2D eigenvalue weighted by molar-refractivity contribution is 7.10. The van der Waals surface area contributed by atoms with Gasteiger partial charge in [-0.25, -0.2) is 0 Å². The molecule has 0 spiro atoms. The minimum absolute atomic E-state index is 0.0260. The quantitative estimate of drug-likeness (QED) is 0.262. The number of nitrogens with zero attached hydrogens (tertiary/aromatic N) is 1. The van der Waals surface area contributed by atoms with E-state index in [-0.39, 0.29) is 11.3 Å². The lowest BCUT2D eigenvalue weighted by Gasteiger charge is -2.25. The van der Waals surface area contributed by atoms with E-state index in [1.807, 2.05) is 18.4 Å². The van der Waals surface area contributed by atoms with Crippen LogP contribution in [0.5, 0.6) is 11.5 Å². The Morgan fingerprint density at radius 3 is 2.33 bits per heavy atom. The van der Waals surface area contributed by atoms with Crippen LogP contribution in [0.4, 0.5) is 5.69 Å². The molecule has 6 nitrogen and oxygen atoms in total. The van der Waals surface area contributed by atoms with Crippen LogP contribution in [0, 0.1) is 6.92 Å². The van der Waals surface area contributed by atoms with Crippen molar-refractivity contribution in [1.82, 2.24) is 0 Å². The van der Waals surface area contributed by atoms with Gasteiger partial charge in [-0.05, 0) is 60.3 Å². The number of anilines is 1. The third kappa shape index (κ3) is 3.97. The molecule has 1 fully saturated rings. The number of ether oxygens (including phenoxy) is 2. The van der Waals surface area contributed by atoms with Crippen LogP contribution in [0.1, 0.15) is 22.0 Å². The zero-order chi connectivity index (χ0) is 23.9. The summed E-state index contributed by atoms with van der Waals surface area (Å²) >= 11 is 13.8. The van der Waals surface area contributed by atoms with Gasteiger partial charge in [0.05, 0.1) is 29.8 Å². The highest BCUT2D eigenvalue weighted by atomic mass is 35.5. The third-order valence-corrected chi connectivity index (χ3v) is 7.11. The van der Waals surface area contributed by atoms with E-state index in [2.05, 4.69) is 0 Å². The van der Waals surface area contributed by atoms with Crippen molar-refractivity contribution in [1.29, 1.82) is 0 Å². The minimum Gasteiger partial charge on any atom is -0.507 e. The maximum atomic E-state index is 13.2. The number of ketones is 1. The predicted molar refractivity (Wildman–Crippen MR) is 130 cm³/mol. The molecule has 3 aromatic rings. The van der Waals surface area contributed by atoms with Crippen molar-refractivity contribution in [2.45, 2.75) is 13.0 Å². The van der Waals surface area contributed by atoms with Crippen molar-refractivity contribution in [3.05, 3.63) is 79.5 Å². The Bertz CT molecular complexity index is 1300. The maximum Gasteiger partial charge on any atom is 0.300 e. The second-order valence-electron chi connectivity index (χ2n) is 7.31. The van der Waals surface area contributed by atoms with Gasteiger partial charge in [0.25, 0.3) is 11.7 Å². The number of methoxy groups -OCH3 is 2. The first-order valence-corrected chi connectivity index (χ1v) is 11.4. The topological polar surface area (TPSA) is 76.1 Å². The predicted octanol–water partition coefficient (Wildman–Crippen LogP) is 6.01. The highest BCUT2D eigenvalue weighted by Gasteiger charge is 2.48. The number of thiophene rings is 1. The second kappa shape index (κ2) is 9.09. The monoisotopic (exact) mass is 503 g/mol. The molecule has 0 aliphatic carbocycles. The van der Waals surface area contributed by atoms with Crippen LogP contribution >= 0.6 is 34.5 Å². The minimum atomic E-state index is -0.837. The van der Waals surface area contributed by atoms with E-state index >= 15 is 0 Å². The van der Waals surface area contributed by atoms with E-state index < -0.39 is 17.7 Å². The Kier molecular flexibility index (Phi) is 6.38. The number of benzene rings is 2. The van der Waals surface area contributed by atoms with Crippen LogP contribution in [0.2, 0.25) is 10.0 Å². The van der Waals surface area contributed by atoms with Crippen molar-refractivity contribution in [2.75, 3.05) is 19.1 Å². The Hall–Kier alpha value is -3.00. The second-order valence-corrected chi connectivity index (χ2v) is 9.07. The van der Waals surface area contributed by atoms with Crippen LogP contribution in [-0.2, 0) is 9.59 Å². The average molecular weight is 504 g/mol. The van der Waals surface area contributed by atoms with Gasteiger partial charge in [-0.15, -0.1) is 11.3 Å². The number of amides is 1.